The fourth-order valence-corrected chi connectivity index (χ4v) is 4.68. The molecule has 0 N–H and O–H groups in total. The number of thiophene rings is 1. The van der Waals surface area contributed by atoms with Crippen LogP contribution >= 0.6 is 22.7 Å². The molecular weight excluding hydrogens is 402 g/mol. The van der Waals surface area contributed by atoms with Crippen molar-refractivity contribution < 1.29 is 9.53 Å². The van der Waals surface area contributed by atoms with E-state index in [1.807, 2.05) is 52.8 Å². The van der Waals surface area contributed by atoms with Crippen molar-refractivity contribution in [2.24, 2.45) is 0 Å². The molecule has 0 radical (unpaired) electrons. The number of benzene rings is 1. The van der Waals surface area contributed by atoms with Crippen molar-refractivity contribution in [3.8, 4) is 16.3 Å². The first-order valence-corrected chi connectivity index (χ1v) is 11.3. The molecule has 7 heteroatoms. The molecule has 1 aliphatic rings. The average Bonchev–Trinajstić information content (AvgIpc) is 3.45. The van der Waals surface area contributed by atoms with Crippen molar-refractivity contribution >= 4 is 34.7 Å². The number of hydrogen-bond donors (Lipinski definition) is 0. The minimum absolute atomic E-state index is 0.0912. The number of rotatable bonds is 6. The van der Waals surface area contributed by atoms with Crippen LogP contribution in [-0.2, 0) is 11.3 Å². The first kappa shape index (κ1) is 19.8. The van der Waals surface area contributed by atoms with E-state index in [2.05, 4.69) is 10.3 Å². The smallest absolute Gasteiger partial charge is 0.246 e. The zero-order chi connectivity index (χ0) is 20.1. The van der Waals surface area contributed by atoms with Gasteiger partial charge in [-0.15, -0.1) is 22.7 Å². The number of hydrogen-bond acceptors (Lipinski definition) is 6. The van der Waals surface area contributed by atoms with Gasteiger partial charge in [0.15, 0.2) is 0 Å². The van der Waals surface area contributed by atoms with Crippen LogP contribution in [-0.4, -0.2) is 54.0 Å². The molecule has 4 rings (SSSR count). The maximum Gasteiger partial charge on any atom is 0.246 e. The molecule has 1 fully saturated rings. The van der Waals surface area contributed by atoms with Gasteiger partial charge in [-0.25, -0.2) is 4.98 Å². The van der Waals surface area contributed by atoms with Gasteiger partial charge in [-0.2, -0.15) is 0 Å². The normalized spacial score (nSPS) is 15.1. The van der Waals surface area contributed by atoms with Crippen molar-refractivity contribution in [2.75, 3.05) is 33.3 Å². The van der Waals surface area contributed by atoms with Gasteiger partial charge in [-0.1, -0.05) is 6.07 Å². The van der Waals surface area contributed by atoms with Crippen molar-refractivity contribution in [3.63, 3.8) is 0 Å². The van der Waals surface area contributed by atoms with Crippen LogP contribution in [0.15, 0.2) is 53.2 Å². The summed E-state index contributed by atoms with van der Waals surface area (Å²) >= 11 is 3.30. The van der Waals surface area contributed by atoms with Crippen LogP contribution in [0.4, 0.5) is 0 Å². The lowest BCUT2D eigenvalue weighted by Crippen LogP contribution is -2.47. The number of methoxy groups -OCH3 is 1. The van der Waals surface area contributed by atoms with Gasteiger partial charge >= 0.3 is 0 Å². The Kier molecular flexibility index (Phi) is 6.39. The molecule has 150 valence electrons. The van der Waals surface area contributed by atoms with Crippen molar-refractivity contribution in [1.82, 2.24) is 14.8 Å². The minimum Gasteiger partial charge on any atom is -0.497 e. The summed E-state index contributed by atoms with van der Waals surface area (Å²) in [5.74, 6) is 0.941. The van der Waals surface area contributed by atoms with E-state index in [0.29, 0.717) is 0 Å². The molecule has 29 heavy (non-hydrogen) atoms. The number of carbonyl (C=O) groups excluding carboxylic acids is 1. The Hall–Kier alpha value is -2.48. The van der Waals surface area contributed by atoms with E-state index in [1.165, 1.54) is 0 Å². The molecular formula is C22H23N3O2S2. The summed E-state index contributed by atoms with van der Waals surface area (Å²) in [5, 5.41) is 5.16. The Morgan fingerprint density at radius 1 is 1.14 bits per heavy atom. The zero-order valence-corrected chi connectivity index (χ0v) is 17.9. The summed E-state index contributed by atoms with van der Waals surface area (Å²) in [6, 6.07) is 12.0. The van der Waals surface area contributed by atoms with Gasteiger partial charge in [-0.05, 0) is 41.8 Å². The van der Waals surface area contributed by atoms with Crippen LogP contribution < -0.4 is 4.74 Å². The van der Waals surface area contributed by atoms with Crippen LogP contribution in [0, 0.1) is 0 Å². The van der Waals surface area contributed by atoms with E-state index in [9.17, 15) is 4.79 Å². The highest BCUT2D eigenvalue weighted by atomic mass is 32.1. The van der Waals surface area contributed by atoms with Crippen LogP contribution in [0.1, 0.15) is 10.6 Å². The maximum absolute atomic E-state index is 12.4. The number of thiazole rings is 1. The summed E-state index contributed by atoms with van der Waals surface area (Å²) in [6.45, 7) is 4.06. The van der Waals surface area contributed by atoms with Crippen molar-refractivity contribution in [1.29, 1.82) is 0 Å². The largest absolute Gasteiger partial charge is 0.497 e. The molecule has 0 saturated carbocycles. The molecule has 3 aromatic rings. The fourth-order valence-electron chi connectivity index (χ4n) is 3.25. The third-order valence-electron chi connectivity index (χ3n) is 4.89. The predicted octanol–water partition coefficient (Wildman–Crippen LogP) is 4.24. The molecule has 1 aromatic carbocycles. The quantitative estimate of drug-likeness (QED) is 0.554. The predicted molar refractivity (Wildman–Crippen MR) is 119 cm³/mol. The van der Waals surface area contributed by atoms with E-state index in [4.69, 9.17) is 9.72 Å². The van der Waals surface area contributed by atoms with E-state index in [1.54, 1.807) is 35.9 Å². The number of amides is 1. The molecule has 1 amide bonds. The molecule has 2 aromatic heterocycles. The highest BCUT2D eigenvalue weighted by molar-refractivity contribution is 7.13. The second-order valence-corrected chi connectivity index (χ2v) is 8.66. The highest BCUT2D eigenvalue weighted by Gasteiger charge is 2.20. The Bertz CT molecular complexity index is 956. The summed E-state index contributed by atoms with van der Waals surface area (Å²) in [7, 11) is 1.67. The Balaban J connectivity index is 1.28. The molecule has 0 spiro atoms. The summed E-state index contributed by atoms with van der Waals surface area (Å²) < 4.78 is 5.21. The summed E-state index contributed by atoms with van der Waals surface area (Å²) in [4.78, 5) is 22.5. The van der Waals surface area contributed by atoms with Gasteiger partial charge in [-0.3, -0.25) is 9.69 Å². The Labute approximate surface area is 178 Å². The van der Waals surface area contributed by atoms with Crippen molar-refractivity contribution in [3.05, 3.63) is 63.8 Å². The first-order valence-electron chi connectivity index (χ1n) is 9.53. The molecule has 1 saturated heterocycles. The fraction of sp³-hybridized carbons (Fsp3) is 0.273. The third-order valence-corrected chi connectivity index (χ3v) is 6.67. The second-order valence-electron chi connectivity index (χ2n) is 6.82. The molecule has 1 aliphatic heterocycles. The van der Waals surface area contributed by atoms with E-state index >= 15 is 0 Å². The van der Waals surface area contributed by atoms with Gasteiger partial charge in [0.05, 0.1) is 12.8 Å². The molecule has 0 atom stereocenters. The van der Waals surface area contributed by atoms with Gasteiger partial charge < -0.3 is 9.64 Å². The van der Waals surface area contributed by atoms with E-state index in [0.717, 1.165) is 59.6 Å². The lowest BCUT2D eigenvalue weighted by Gasteiger charge is -2.33. The van der Waals surface area contributed by atoms with E-state index < -0.39 is 0 Å². The van der Waals surface area contributed by atoms with Crippen LogP contribution in [0.2, 0.25) is 0 Å². The highest BCUT2D eigenvalue weighted by Crippen LogP contribution is 2.26. The zero-order valence-electron chi connectivity index (χ0n) is 16.3. The Morgan fingerprint density at radius 3 is 2.62 bits per heavy atom. The maximum atomic E-state index is 12.4. The van der Waals surface area contributed by atoms with Gasteiger partial charge in [0.25, 0.3) is 0 Å². The number of carbonyl (C=O) groups is 1. The summed E-state index contributed by atoms with van der Waals surface area (Å²) in [6.07, 6.45) is 3.58. The molecule has 5 nitrogen and oxygen atoms in total. The number of ether oxygens (including phenoxy) is 1. The number of nitrogens with zero attached hydrogens (tertiary/aromatic N) is 3. The van der Waals surface area contributed by atoms with Gasteiger partial charge in [0, 0.05) is 54.6 Å². The SMILES string of the molecule is COc1ccc(-c2nc(CN3CCN(C(=O)C=Cc4cccs4)CC3)cs2)cc1. The van der Waals surface area contributed by atoms with E-state index in [-0.39, 0.29) is 5.91 Å². The molecule has 0 bridgehead atoms. The molecule has 0 aliphatic carbocycles. The molecule has 3 heterocycles. The number of aromatic nitrogens is 1. The van der Waals surface area contributed by atoms with Crippen LogP contribution in [0.5, 0.6) is 5.75 Å². The second kappa shape index (κ2) is 9.35. The van der Waals surface area contributed by atoms with Gasteiger partial charge in [0.2, 0.25) is 5.91 Å². The monoisotopic (exact) mass is 425 g/mol. The summed E-state index contributed by atoms with van der Waals surface area (Å²) in [5.41, 5.74) is 2.19. The first-order chi connectivity index (χ1) is 14.2. The Morgan fingerprint density at radius 2 is 1.93 bits per heavy atom. The minimum atomic E-state index is 0.0912. The standard InChI is InChI=1S/C22H23N3O2S2/c1-27-19-6-4-17(5-7-19)22-23-18(16-29-22)15-24-10-12-25(13-11-24)21(26)9-8-20-3-2-14-28-20/h2-9,14,16H,10-13,15H2,1H3. The lowest BCUT2D eigenvalue weighted by atomic mass is 10.2. The lowest BCUT2D eigenvalue weighted by molar-refractivity contribution is -0.127. The van der Waals surface area contributed by atoms with Gasteiger partial charge in [0.1, 0.15) is 10.8 Å². The number of piperazine rings is 1. The third kappa shape index (κ3) is 5.12. The average molecular weight is 426 g/mol. The topological polar surface area (TPSA) is 45.7 Å². The van der Waals surface area contributed by atoms with Crippen LogP contribution in [0.3, 0.4) is 0 Å². The van der Waals surface area contributed by atoms with Crippen molar-refractivity contribution in [2.45, 2.75) is 6.54 Å². The molecule has 0 unspecified atom stereocenters. The van der Waals surface area contributed by atoms with Crippen LogP contribution in [0.25, 0.3) is 16.6 Å².